The first-order valence-electron chi connectivity index (χ1n) is 11.6. The fourth-order valence-corrected chi connectivity index (χ4v) is 4.31. The van der Waals surface area contributed by atoms with E-state index in [0.29, 0.717) is 25.1 Å². The van der Waals surface area contributed by atoms with Gasteiger partial charge in [-0.25, -0.2) is 4.98 Å². The minimum atomic E-state index is -0.0936. The molecule has 0 spiro atoms. The highest BCUT2D eigenvalue weighted by atomic mass is 16.2. The molecule has 0 bridgehead atoms. The minimum absolute atomic E-state index is 0.0936. The van der Waals surface area contributed by atoms with E-state index in [2.05, 4.69) is 20.9 Å². The number of likely N-dealkylation sites (tertiary alicyclic amines) is 1. The third-order valence-corrected chi connectivity index (χ3v) is 6.05. The second kappa shape index (κ2) is 10.9. The molecule has 3 aromatic rings. The highest BCUT2D eigenvalue weighted by Gasteiger charge is 2.17. The lowest BCUT2D eigenvalue weighted by Gasteiger charge is -2.20. The van der Waals surface area contributed by atoms with Crippen molar-refractivity contribution in [3.8, 4) is 0 Å². The van der Waals surface area contributed by atoms with E-state index in [4.69, 9.17) is 4.98 Å². The Hall–Kier alpha value is -3.22. The average molecular weight is 434 g/mol. The number of carbonyl (C=O) groups excluding carboxylic acids is 2. The number of nitrogens with one attached hydrogen (secondary N) is 1. The van der Waals surface area contributed by atoms with Gasteiger partial charge in [0.2, 0.25) is 5.91 Å². The maximum atomic E-state index is 12.8. The second-order valence-corrected chi connectivity index (χ2v) is 8.31. The van der Waals surface area contributed by atoms with Crippen LogP contribution in [0.15, 0.2) is 48.8 Å². The topological polar surface area (TPSA) is 80.1 Å². The zero-order valence-corrected chi connectivity index (χ0v) is 18.5. The quantitative estimate of drug-likeness (QED) is 0.551. The molecular formula is C25H31N5O2. The molecule has 4 rings (SSSR count). The maximum absolute atomic E-state index is 12.8. The van der Waals surface area contributed by atoms with E-state index in [1.807, 2.05) is 23.1 Å². The van der Waals surface area contributed by atoms with Gasteiger partial charge >= 0.3 is 0 Å². The van der Waals surface area contributed by atoms with E-state index in [-0.39, 0.29) is 11.8 Å². The molecule has 0 radical (unpaired) electrons. The van der Waals surface area contributed by atoms with Crippen molar-refractivity contribution in [3.63, 3.8) is 0 Å². The van der Waals surface area contributed by atoms with Gasteiger partial charge in [-0.05, 0) is 43.5 Å². The first-order valence-corrected chi connectivity index (χ1v) is 11.6. The molecule has 2 aromatic heterocycles. The van der Waals surface area contributed by atoms with Crippen LogP contribution < -0.4 is 5.32 Å². The van der Waals surface area contributed by atoms with Crippen molar-refractivity contribution in [1.29, 1.82) is 0 Å². The van der Waals surface area contributed by atoms with Gasteiger partial charge in [-0.3, -0.25) is 14.6 Å². The van der Waals surface area contributed by atoms with Crippen molar-refractivity contribution in [1.82, 2.24) is 24.8 Å². The van der Waals surface area contributed by atoms with Gasteiger partial charge in [-0.2, -0.15) is 0 Å². The summed E-state index contributed by atoms with van der Waals surface area (Å²) in [5.41, 5.74) is 2.62. The number of fused-ring (bicyclic) bond motifs is 1. The van der Waals surface area contributed by atoms with E-state index >= 15 is 0 Å². The van der Waals surface area contributed by atoms with E-state index in [1.165, 1.54) is 12.8 Å². The number of carbonyl (C=O) groups is 2. The molecule has 32 heavy (non-hydrogen) atoms. The largest absolute Gasteiger partial charge is 0.352 e. The molecule has 168 valence electrons. The standard InChI is InChI=1S/C25H31N5O2/c31-24(29-17-5-1-2-6-18-29)13-19-30-22-9-4-3-8-21(22)28-23(30)10-7-14-27-25(32)20-11-15-26-16-12-20/h3-4,8-9,11-12,15-16H,1-2,5-7,10,13-14,17-19H2,(H,27,32). The number of hydrogen-bond donors (Lipinski definition) is 1. The summed E-state index contributed by atoms with van der Waals surface area (Å²) in [6.07, 6.45) is 9.89. The molecule has 1 aliphatic rings. The molecule has 0 unspecified atom stereocenters. The van der Waals surface area contributed by atoms with Crippen molar-refractivity contribution in [2.45, 2.75) is 51.5 Å². The number of imidazole rings is 1. The molecule has 3 heterocycles. The number of rotatable bonds is 8. The summed E-state index contributed by atoms with van der Waals surface area (Å²) in [4.78, 5) is 35.8. The van der Waals surface area contributed by atoms with Gasteiger partial charge in [-0.1, -0.05) is 25.0 Å². The Labute approximate surface area is 188 Å². The van der Waals surface area contributed by atoms with Crippen molar-refractivity contribution in [3.05, 3.63) is 60.2 Å². The van der Waals surface area contributed by atoms with Crippen LogP contribution in [0, 0.1) is 0 Å². The Morgan fingerprint density at radius 1 is 0.969 bits per heavy atom. The second-order valence-electron chi connectivity index (χ2n) is 8.31. The van der Waals surface area contributed by atoms with Crippen molar-refractivity contribution < 1.29 is 9.59 Å². The maximum Gasteiger partial charge on any atom is 0.251 e. The monoisotopic (exact) mass is 433 g/mol. The fourth-order valence-electron chi connectivity index (χ4n) is 4.31. The molecule has 0 saturated carbocycles. The van der Waals surface area contributed by atoms with E-state index < -0.39 is 0 Å². The first kappa shape index (κ1) is 22.0. The number of para-hydroxylation sites is 2. The van der Waals surface area contributed by atoms with Crippen molar-refractivity contribution in [2.75, 3.05) is 19.6 Å². The predicted octanol–water partition coefficient (Wildman–Crippen LogP) is 3.59. The molecule has 7 nitrogen and oxygen atoms in total. The summed E-state index contributed by atoms with van der Waals surface area (Å²) in [7, 11) is 0. The number of pyridine rings is 1. The van der Waals surface area contributed by atoms with Gasteiger partial charge in [0.25, 0.3) is 5.91 Å². The molecule has 1 N–H and O–H groups in total. The first-order chi connectivity index (χ1) is 15.7. The van der Waals surface area contributed by atoms with E-state index in [9.17, 15) is 9.59 Å². The summed E-state index contributed by atoms with van der Waals surface area (Å²) < 4.78 is 2.18. The average Bonchev–Trinajstić information content (AvgIpc) is 2.98. The molecule has 1 saturated heterocycles. The van der Waals surface area contributed by atoms with Crippen LogP contribution in [0.1, 0.15) is 54.7 Å². The Morgan fingerprint density at radius 3 is 2.50 bits per heavy atom. The number of aryl methyl sites for hydroxylation is 2. The Bertz CT molecular complexity index is 1040. The molecule has 0 aliphatic carbocycles. The molecule has 7 heteroatoms. The van der Waals surface area contributed by atoms with Crippen LogP contribution >= 0.6 is 0 Å². The Balaban J connectivity index is 1.36. The zero-order chi connectivity index (χ0) is 22.2. The van der Waals surface area contributed by atoms with Crippen molar-refractivity contribution >= 4 is 22.8 Å². The van der Waals surface area contributed by atoms with Gasteiger partial charge < -0.3 is 14.8 Å². The summed E-state index contributed by atoms with van der Waals surface area (Å²) >= 11 is 0. The molecule has 1 aliphatic heterocycles. The van der Waals surface area contributed by atoms with Gasteiger partial charge in [0, 0.05) is 57.0 Å². The lowest BCUT2D eigenvalue weighted by atomic mass is 10.2. The lowest BCUT2D eigenvalue weighted by molar-refractivity contribution is -0.131. The summed E-state index contributed by atoms with van der Waals surface area (Å²) in [5, 5.41) is 2.96. The number of benzene rings is 1. The van der Waals surface area contributed by atoms with Gasteiger partial charge in [-0.15, -0.1) is 0 Å². The number of hydrogen-bond acceptors (Lipinski definition) is 4. The summed E-state index contributed by atoms with van der Waals surface area (Å²) in [5.74, 6) is 1.11. The Kier molecular flexibility index (Phi) is 7.48. The zero-order valence-electron chi connectivity index (χ0n) is 18.5. The van der Waals surface area contributed by atoms with Crippen LogP contribution in [0.3, 0.4) is 0 Å². The lowest BCUT2D eigenvalue weighted by Crippen LogP contribution is -2.32. The molecular weight excluding hydrogens is 402 g/mol. The van der Waals surface area contributed by atoms with Crippen LogP contribution in [0.25, 0.3) is 11.0 Å². The third-order valence-electron chi connectivity index (χ3n) is 6.05. The molecule has 1 aromatic carbocycles. The van der Waals surface area contributed by atoms with Crippen LogP contribution in [0.4, 0.5) is 0 Å². The number of aromatic nitrogens is 3. The highest BCUT2D eigenvalue weighted by molar-refractivity contribution is 5.93. The predicted molar refractivity (Wildman–Crippen MR) is 124 cm³/mol. The number of amides is 2. The Morgan fingerprint density at radius 2 is 1.72 bits per heavy atom. The van der Waals surface area contributed by atoms with Gasteiger partial charge in [0.15, 0.2) is 0 Å². The summed E-state index contributed by atoms with van der Waals surface area (Å²) in [6, 6.07) is 11.5. The molecule has 2 amide bonds. The normalized spacial score (nSPS) is 14.3. The molecule has 0 atom stereocenters. The SMILES string of the molecule is O=C(NCCCc1nc2ccccc2n1CCC(=O)N1CCCCCC1)c1ccncc1. The number of nitrogens with zero attached hydrogens (tertiary/aromatic N) is 4. The minimum Gasteiger partial charge on any atom is -0.352 e. The van der Waals surface area contributed by atoms with Crippen LogP contribution in [0.2, 0.25) is 0 Å². The van der Waals surface area contributed by atoms with Crippen LogP contribution in [-0.4, -0.2) is 50.9 Å². The smallest absolute Gasteiger partial charge is 0.251 e. The van der Waals surface area contributed by atoms with Gasteiger partial charge in [0.05, 0.1) is 11.0 Å². The third kappa shape index (κ3) is 5.52. The fraction of sp³-hybridized carbons (Fsp3) is 0.440. The van der Waals surface area contributed by atoms with Crippen LogP contribution in [0.5, 0.6) is 0 Å². The summed E-state index contributed by atoms with van der Waals surface area (Å²) in [6.45, 7) is 2.96. The van der Waals surface area contributed by atoms with Crippen LogP contribution in [-0.2, 0) is 17.8 Å². The van der Waals surface area contributed by atoms with E-state index in [1.54, 1.807) is 24.5 Å². The van der Waals surface area contributed by atoms with Gasteiger partial charge in [0.1, 0.15) is 5.82 Å². The highest BCUT2D eigenvalue weighted by Crippen LogP contribution is 2.19. The van der Waals surface area contributed by atoms with E-state index in [0.717, 1.165) is 55.6 Å². The van der Waals surface area contributed by atoms with Crippen molar-refractivity contribution in [2.24, 2.45) is 0 Å². The molecule has 1 fully saturated rings.